The number of likely N-dealkylation sites (tertiary alicyclic amines) is 1. The maximum atomic E-state index is 12.6. The molecule has 2 aliphatic heterocycles. The van der Waals surface area contributed by atoms with Gasteiger partial charge in [-0.25, -0.2) is 0 Å². The van der Waals surface area contributed by atoms with Crippen LogP contribution < -0.4 is 0 Å². The van der Waals surface area contributed by atoms with E-state index in [1.807, 2.05) is 0 Å². The topological polar surface area (TPSA) is 60.9 Å². The number of amides is 2. The number of carbonyl (C=O) groups is 2. The first-order valence-corrected chi connectivity index (χ1v) is 12.4. The number of imide groups is 1. The Hall–Kier alpha value is -0.940. The molecule has 2 saturated heterocycles. The highest BCUT2D eigenvalue weighted by Gasteiger charge is 2.49. The van der Waals surface area contributed by atoms with Crippen molar-refractivity contribution in [1.29, 1.82) is 0 Å². The molecule has 0 aromatic rings. The highest BCUT2D eigenvalue weighted by atomic mass is 16.5. The molecule has 5 heteroatoms. The van der Waals surface area contributed by atoms with Gasteiger partial charge in [-0.3, -0.25) is 14.5 Å². The summed E-state index contributed by atoms with van der Waals surface area (Å²) in [6.45, 7) is 10.5. The molecule has 0 aliphatic carbocycles. The maximum Gasteiger partial charge on any atom is 0.229 e. The Morgan fingerprint density at radius 2 is 1.27 bits per heavy atom. The van der Waals surface area contributed by atoms with Gasteiger partial charge in [0.1, 0.15) is 0 Å². The molecule has 174 valence electrons. The summed E-state index contributed by atoms with van der Waals surface area (Å²) >= 11 is 0. The van der Waals surface area contributed by atoms with E-state index in [9.17, 15) is 14.8 Å². The lowest BCUT2D eigenvalue weighted by Crippen LogP contribution is -2.61. The molecule has 0 aromatic carbocycles. The van der Waals surface area contributed by atoms with Crippen LogP contribution in [0, 0.1) is 5.92 Å². The Kier molecular flexibility index (Phi) is 9.35. The van der Waals surface area contributed by atoms with Crippen molar-refractivity contribution in [2.24, 2.45) is 5.92 Å². The van der Waals surface area contributed by atoms with Gasteiger partial charge < -0.3 is 5.21 Å². The van der Waals surface area contributed by atoms with Gasteiger partial charge in [-0.15, -0.1) is 0 Å². The van der Waals surface area contributed by atoms with E-state index < -0.39 is 0 Å². The number of hydrogen-bond donors (Lipinski definition) is 1. The SMILES string of the molecule is CCCCCCCCCCCC(C1CC(C)(C)N(O)C(C)(C)C1)N1C(=O)CCC1=O. The van der Waals surface area contributed by atoms with Crippen molar-refractivity contribution in [3.8, 4) is 0 Å². The lowest BCUT2D eigenvalue weighted by molar-refractivity contribution is -0.254. The standard InChI is InChI=1S/C25H46N2O3/c1-6-7-8-9-10-11-12-13-14-15-21(26-22(28)16-17-23(26)29)20-18-24(2,3)27(30)25(4,5)19-20/h20-21,30H,6-19H2,1-5H3. The smallest absolute Gasteiger partial charge is 0.229 e. The van der Waals surface area contributed by atoms with Crippen LogP contribution in [0.1, 0.15) is 125 Å². The molecule has 5 nitrogen and oxygen atoms in total. The van der Waals surface area contributed by atoms with Crippen LogP contribution in [0.4, 0.5) is 0 Å². The molecule has 1 N–H and O–H groups in total. The van der Waals surface area contributed by atoms with Gasteiger partial charge in [-0.05, 0) is 52.9 Å². The molecular formula is C25H46N2O3. The molecule has 2 amide bonds. The van der Waals surface area contributed by atoms with Crippen molar-refractivity contribution in [2.45, 2.75) is 142 Å². The summed E-state index contributed by atoms with van der Waals surface area (Å²) in [7, 11) is 0. The van der Waals surface area contributed by atoms with E-state index in [0.29, 0.717) is 12.8 Å². The molecule has 0 aromatic heterocycles. The minimum absolute atomic E-state index is 0.00274. The van der Waals surface area contributed by atoms with Gasteiger partial charge in [0, 0.05) is 30.0 Å². The van der Waals surface area contributed by atoms with E-state index in [2.05, 4.69) is 34.6 Å². The van der Waals surface area contributed by atoms with E-state index in [0.717, 1.165) is 25.7 Å². The minimum atomic E-state index is -0.366. The second-order valence-corrected chi connectivity index (χ2v) is 10.9. The summed E-state index contributed by atoms with van der Waals surface area (Å²) < 4.78 is 0. The van der Waals surface area contributed by atoms with Crippen molar-refractivity contribution in [3.05, 3.63) is 0 Å². The summed E-state index contributed by atoms with van der Waals surface area (Å²) in [6.07, 6.45) is 14.6. The van der Waals surface area contributed by atoms with E-state index in [1.54, 1.807) is 4.90 Å². The number of hydroxylamine groups is 2. The van der Waals surface area contributed by atoms with Crippen molar-refractivity contribution in [2.75, 3.05) is 0 Å². The number of unbranched alkanes of at least 4 members (excludes halogenated alkanes) is 8. The van der Waals surface area contributed by atoms with Crippen LogP contribution >= 0.6 is 0 Å². The molecule has 0 spiro atoms. The Labute approximate surface area is 184 Å². The number of carbonyl (C=O) groups excluding carboxylic acids is 2. The monoisotopic (exact) mass is 422 g/mol. The number of nitrogens with zero attached hydrogens (tertiary/aromatic N) is 2. The number of piperidine rings is 1. The van der Waals surface area contributed by atoms with Crippen molar-refractivity contribution >= 4 is 11.8 Å². The molecule has 0 bridgehead atoms. The fourth-order valence-electron chi connectivity index (χ4n) is 5.82. The van der Waals surface area contributed by atoms with E-state index >= 15 is 0 Å². The first-order chi connectivity index (χ1) is 14.1. The van der Waals surface area contributed by atoms with Gasteiger partial charge >= 0.3 is 0 Å². The van der Waals surface area contributed by atoms with Crippen LogP contribution in [-0.4, -0.2) is 44.1 Å². The second kappa shape index (κ2) is 11.1. The third kappa shape index (κ3) is 6.53. The van der Waals surface area contributed by atoms with Gasteiger partial charge in [0.2, 0.25) is 11.8 Å². The zero-order chi connectivity index (χ0) is 22.4. The molecule has 1 unspecified atom stereocenters. The Bertz CT molecular complexity index is 539. The average molecular weight is 423 g/mol. The zero-order valence-electron chi connectivity index (χ0n) is 20.2. The molecular weight excluding hydrogens is 376 g/mol. The molecule has 0 radical (unpaired) electrons. The van der Waals surface area contributed by atoms with Gasteiger partial charge in [0.05, 0.1) is 0 Å². The van der Waals surface area contributed by atoms with E-state index in [4.69, 9.17) is 0 Å². The second-order valence-electron chi connectivity index (χ2n) is 10.9. The van der Waals surface area contributed by atoms with Crippen LogP contribution in [0.15, 0.2) is 0 Å². The highest BCUT2D eigenvalue weighted by Crippen LogP contribution is 2.43. The molecule has 30 heavy (non-hydrogen) atoms. The van der Waals surface area contributed by atoms with Crippen molar-refractivity contribution in [1.82, 2.24) is 9.96 Å². The summed E-state index contributed by atoms with van der Waals surface area (Å²) in [5, 5.41) is 12.2. The summed E-state index contributed by atoms with van der Waals surface area (Å²) in [5.41, 5.74) is -0.732. The molecule has 2 aliphatic rings. The third-order valence-electron chi connectivity index (χ3n) is 7.24. The van der Waals surface area contributed by atoms with Crippen LogP contribution in [0.3, 0.4) is 0 Å². The van der Waals surface area contributed by atoms with Gasteiger partial charge in [-0.2, -0.15) is 5.06 Å². The fraction of sp³-hybridized carbons (Fsp3) is 0.920. The molecule has 2 fully saturated rings. The van der Waals surface area contributed by atoms with E-state index in [-0.39, 0.29) is 34.9 Å². The Morgan fingerprint density at radius 3 is 1.73 bits per heavy atom. The Morgan fingerprint density at radius 1 is 0.833 bits per heavy atom. The Balaban J connectivity index is 1.95. The van der Waals surface area contributed by atoms with Crippen molar-refractivity contribution < 1.29 is 14.8 Å². The zero-order valence-corrected chi connectivity index (χ0v) is 20.2. The predicted molar refractivity (Wildman–Crippen MR) is 121 cm³/mol. The molecule has 2 heterocycles. The minimum Gasteiger partial charge on any atom is -0.313 e. The van der Waals surface area contributed by atoms with E-state index in [1.165, 1.54) is 56.4 Å². The molecule has 2 rings (SSSR count). The highest BCUT2D eigenvalue weighted by molar-refractivity contribution is 6.02. The van der Waals surface area contributed by atoms with Crippen LogP contribution in [-0.2, 0) is 9.59 Å². The van der Waals surface area contributed by atoms with Gasteiger partial charge in [0.15, 0.2) is 0 Å². The number of hydrogen-bond acceptors (Lipinski definition) is 4. The lowest BCUT2D eigenvalue weighted by Gasteiger charge is -2.53. The largest absolute Gasteiger partial charge is 0.313 e. The average Bonchev–Trinajstić information content (AvgIpc) is 2.99. The maximum absolute atomic E-state index is 12.6. The normalized spacial score (nSPS) is 23.3. The fourth-order valence-corrected chi connectivity index (χ4v) is 5.82. The lowest BCUT2D eigenvalue weighted by atomic mass is 9.71. The van der Waals surface area contributed by atoms with Gasteiger partial charge in [0.25, 0.3) is 0 Å². The summed E-state index contributed by atoms with van der Waals surface area (Å²) in [4.78, 5) is 26.7. The summed E-state index contributed by atoms with van der Waals surface area (Å²) in [5.74, 6) is 0.240. The van der Waals surface area contributed by atoms with Crippen LogP contribution in [0.2, 0.25) is 0 Å². The first kappa shape index (κ1) is 25.3. The molecule has 0 saturated carbocycles. The number of rotatable bonds is 12. The van der Waals surface area contributed by atoms with Gasteiger partial charge in [-0.1, -0.05) is 64.7 Å². The third-order valence-corrected chi connectivity index (χ3v) is 7.24. The summed E-state index contributed by atoms with van der Waals surface area (Å²) in [6, 6.07) is -0.0238. The quantitative estimate of drug-likeness (QED) is 0.306. The molecule has 1 atom stereocenters. The first-order valence-electron chi connectivity index (χ1n) is 12.4. The van der Waals surface area contributed by atoms with Crippen molar-refractivity contribution in [3.63, 3.8) is 0 Å². The van der Waals surface area contributed by atoms with Crippen LogP contribution in [0.5, 0.6) is 0 Å². The van der Waals surface area contributed by atoms with Crippen LogP contribution in [0.25, 0.3) is 0 Å². The predicted octanol–water partition coefficient (Wildman–Crippen LogP) is 6.08.